The lowest BCUT2D eigenvalue weighted by molar-refractivity contribution is -0.157. The maximum absolute atomic E-state index is 9.25. The molecule has 0 unspecified atom stereocenters. The van der Waals surface area contributed by atoms with E-state index in [0.717, 1.165) is 0 Å². The quantitative estimate of drug-likeness (QED) is 0.366. The van der Waals surface area contributed by atoms with Gasteiger partial charge in [-0.3, -0.25) is 0 Å². The molecule has 13 heavy (non-hydrogen) atoms. The van der Waals surface area contributed by atoms with Gasteiger partial charge in [-0.15, -0.1) is 0 Å². The van der Waals surface area contributed by atoms with Crippen molar-refractivity contribution in [3.63, 3.8) is 0 Å². The Morgan fingerprint density at radius 2 is 2.38 bits per heavy atom. The fourth-order valence-electron chi connectivity index (χ4n) is 0.970. The van der Waals surface area contributed by atoms with Crippen molar-refractivity contribution in [2.45, 2.75) is 18.5 Å². The van der Waals surface area contributed by atoms with Gasteiger partial charge in [0.05, 0.1) is 6.61 Å². The Kier molecular flexibility index (Phi) is 3.73. The molecule has 0 aromatic rings. The van der Waals surface area contributed by atoms with E-state index in [1.165, 1.54) is 12.3 Å². The summed E-state index contributed by atoms with van der Waals surface area (Å²) in [5.74, 6) is 0. The van der Waals surface area contributed by atoms with Gasteiger partial charge in [0.25, 0.3) is 0 Å². The Morgan fingerprint density at radius 3 is 3.00 bits per heavy atom. The second-order valence-corrected chi connectivity index (χ2v) is 2.56. The van der Waals surface area contributed by atoms with Gasteiger partial charge in [-0.1, -0.05) is 18.4 Å². The minimum absolute atomic E-state index is 0.247. The fourth-order valence-corrected chi connectivity index (χ4v) is 0.970. The smallest absolute Gasteiger partial charge is 0.220 e. The molecule has 3 atom stereocenters. The molecule has 2 N–H and O–H groups in total. The monoisotopic (exact) mass is 184 g/mol. The second kappa shape index (κ2) is 4.84. The first-order valence-corrected chi connectivity index (χ1v) is 3.90. The predicted molar refractivity (Wildman–Crippen MR) is 45.7 cm³/mol. The van der Waals surface area contributed by atoms with E-state index in [-0.39, 0.29) is 6.61 Å². The van der Waals surface area contributed by atoms with Crippen molar-refractivity contribution >= 4 is 0 Å². The molecule has 0 saturated carbocycles. The van der Waals surface area contributed by atoms with Crippen LogP contribution in [0.2, 0.25) is 0 Å². The zero-order valence-corrected chi connectivity index (χ0v) is 7.09. The lowest BCUT2D eigenvalue weighted by Gasteiger charge is -2.27. The SMILES string of the molecule is C=C=CO[C@@H]1C=C[C@H](O)[C@@H](CO)O1. The minimum Gasteiger partial charge on any atom is -0.461 e. The van der Waals surface area contributed by atoms with E-state index >= 15 is 0 Å². The van der Waals surface area contributed by atoms with Gasteiger partial charge < -0.3 is 19.7 Å². The van der Waals surface area contributed by atoms with E-state index in [0.29, 0.717) is 0 Å². The van der Waals surface area contributed by atoms with Crippen LogP contribution >= 0.6 is 0 Å². The maximum atomic E-state index is 9.25. The summed E-state index contributed by atoms with van der Waals surface area (Å²) in [6.45, 7) is 3.07. The van der Waals surface area contributed by atoms with E-state index in [9.17, 15) is 5.11 Å². The summed E-state index contributed by atoms with van der Waals surface area (Å²) in [4.78, 5) is 0. The molecule has 0 aromatic carbocycles. The largest absolute Gasteiger partial charge is 0.461 e. The van der Waals surface area contributed by atoms with E-state index in [4.69, 9.17) is 14.6 Å². The highest BCUT2D eigenvalue weighted by atomic mass is 16.7. The van der Waals surface area contributed by atoms with Crippen LogP contribution < -0.4 is 0 Å². The minimum atomic E-state index is -0.780. The first-order chi connectivity index (χ1) is 6.27. The number of rotatable bonds is 3. The van der Waals surface area contributed by atoms with E-state index < -0.39 is 18.5 Å². The second-order valence-electron chi connectivity index (χ2n) is 2.56. The number of ether oxygens (including phenoxy) is 2. The molecule has 0 bridgehead atoms. The van der Waals surface area contributed by atoms with Crippen LogP contribution in [0.1, 0.15) is 0 Å². The molecule has 4 nitrogen and oxygen atoms in total. The first kappa shape index (κ1) is 10.0. The Bertz CT molecular complexity index is 230. The average molecular weight is 184 g/mol. The van der Waals surface area contributed by atoms with E-state index in [1.807, 2.05) is 0 Å². The van der Waals surface area contributed by atoms with Crippen LogP contribution in [0.15, 0.2) is 30.7 Å². The average Bonchev–Trinajstić information content (AvgIpc) is 2.16. The van der Waals surface area contributed by atoms with Gasteiger partial charge in [0.1, 0.15) is 18.5 Å². The third kappa shape index (κ3) is 2.72. The number of aliphatic hydroxyl groups excluding tert-OH is 2. The van der Waals surface area contributed by atoms with Crippen LogP contribution in [0, 0.1) is 0 Å². The summed E-state index contributed by atoms with van der Waals surface area (Å²) < 4.78 is 10.1. The van der Waals surface area contributed by atoms with Crippen molar-refractivity contribution in [2.24, 2.45) is 0 Å². The van der Waals surface area contributed by atoms with Gasteiger partial charge in [-0.05, 0) is 6.08 Å². The molecule has 0 radical (unpaired) electrons. The summed E-state index contributed by atoms with van der Waals surface area (Å²) in [6.07, 6.45) is 2.35. The molecule has 1 rings (SSSR count). The zero-order chi connectivity index (χ0) is 9.68. The number of hydrogen-bond donors (Lipinski definition) is 2. The third-order valence-corrected chi connectivity index (χ3v) is 1.62. The van der Waals surface area contributed by atoms with Crippen molar-refractivity contribution in [3.8, 4) is 0 Å². The lowest BCUT2D eigenvalue weighted by atomic mass is 10.1. The third-order valence-electron chi connectivity index (χ3n) is 1.62. The van der Waals surface area contributed by atoms with E-state index in [1.54, 1.807) is 6.08 Å². The molecule has 0 fully saturated rings. The number of hydrogen-bond acceptors (Lipinski definition) is 4. The molecule has 4 heteroatoms. The van der Waals surface area contributed by atoms with Crippen molar-refractivity contribution in [3.05, 3.63) is 30.7 Å². The molecule has 1 aliphatic heterocycles. The van der Waals surface area contributed by atoms with Crippen LogP contribution in [0.3, 0.4) is 0 Å². The van der Waals surface area contributed by atoms with Gasteiger partial charge in [0, 0.05) is 0 Å². The van der Waals surface area contributed by atoms with Crippen LogP contribution in [0.4, 0.5) is 0 Å². The zero-order valence-electron chi connectivity index (χ0n) is 7.09. The Labute approximate surface area is 76.4 Å². The van der Waals surface area contributed by atoms with Crippen LogP contribution in [0.25, 0.3) is 0 Å². The normalized spacial score (nSPS) is 32.3. The van der Waals surface area contributed by atoms with Crippen LogP contribution in [0.5, 0.6) is 0 Å². The highest BCUT2D eigenvalue weighted by molar-refractivity contribution is 4.99. The van der Waals surface area contributed by atoms with Gasteiger partial charge in [-0.2, -0.15) is 0 Å². The first-order valence-electron chi connectivity index (χ1n) is 3.90. The molecular formula is C9H12O4. The standard InChI is InChI=1S/C9H12O4/c1-2-5-12-9-4-3-7(11)8(6-10)13-9/h3-5,7-11H,1,6H2/t7-,8+,9-/m0/s1. The Morgan fingerprint density at radius 1 is 1.62 bits per heavy atom. The van der Waals surface area contributed by atoms with Gasteiger partial charge in [-0.25, -0.2) is 0 Å². The fraction of sp³-hybridized carbons (Fsp3) is 0.444. The van der Waals surface area contributed by atoms with Crippen molar-refractivity contribution in [2.75, 3.05) is 6.61 Å². The Balaban J connectivity index is 2.52. The molecule has 0 aliphatic carbocycles. The molecule has 0 saturated heterocycles. The predicted octanol–water partition coefficient (Wildman–Crippen LogP) is -0.0641. The molecular weight excluding hydrogens is 172 g/mol. The van der Waals surface area contributed by atoms with Gasteiger partial charge >= 0.3 is 0 Å². The van der Waals surface area contributed by atoms with Crippen molar-refractivity contribution in [1.29, 1.82) is 0 Å². The summed E-state index contributed by atoms with van der Waals surface area (Å²) in [5, 5.41) is 18.0. The molecule has 0 aromatic heterocycles. The summed E-state index contributed by atoms with van der Waals surface area (Å²) in [5.41, 5.74) is 2.42. The summed E-state index contributed by atoms with van der Waals surface area (Å²) in [6, 6.07) is 0. The van der Waals surface area contributed by atoms with Crippen LogP contribution in [-0.4, -0.2) is 35.3 Å². The lowest BCUT2D eigenvalue weighted by Crippen LogP contribution is -2.38. The van der Waals surface area contributed by atoms with Crippen molar-refractivity contribution in [1.82, 2.24) is 0 Å². The van der Waals surface area contributed by atoms with E-state index in [2.05, 4.69) is 12.3 Å². The highest BCUT2D eigenvalue weighted by Gasteiger charge is 2.25. The maximum Gasteiger partial charge on any atom is 0.220 e. The Hall–Kier alpha value is -1.06. The van der Waals surface area contributed by atoms with Crippen molar-refractivity contribution < 1.29 is 19.7 Å². The molecule has 0 amide bonds. The molecule has 1 heterocycles. The summed E-state index contributed by atoms with van der Waals surface area (Å²) in [7, 11) is 0. The van der Waals surface area contributed by atoms with Crippen LogP contribution in [-0.2, 0) is 9.47 Å². The summed E-state index contributed by atoms with van der Waals surface area (Å²) >= 11 is 0. The molecule has 72 valence electrons. The molecule has 1 aliphatic rings. The van der Waals surface area contributed by atoms with Gasteiger partial charge in [0.15, 0.2) is 0 Å². The number of aliphatic hydroxyl groups is 2. The highest BCUT2D eigenvalue weighted by Crippen LogP contribution is 2.13. The van der Waals surface area contributed by atoms with Gasteiger partial charge in [0.2, 0.25) is 6.29 Å². The topological polar surface area (TPSA) is 58.9 Å². The molecule has 0 spiro atoms.